The number of thioether (sulfide) groups is 1. The van der Waals surface area contributed by atoms with E-state index in [1.807, 2.05) is 16.7 Å². The molecule has 4 nitrogen and oxygen atoms in total. The lowest BCUT2D eigenvalue weighted by molar-refractivity contribution is 0.0771. The minimum Gasteiger partial charge on any atom is -0.497 e. The van der Waals surface area contributed by atoms with E-state index in [0.717, 1.165) is 24.6 Å². The van der Waals surface area contributed by atoms with Gasteiger partial charge in [0.1, 0.15) is 11.5 Å². The number of carbonyl (C=O) groups is 1. The molecule has 0 unspecified atom stereocenters. The van der Waals surface area contributed by atoms with E-state index in [2.05, 4.69) is 0 Å². The molecule has 2 rings (SSSR count). The summed E-state index contributed by atoms with van der Waals surface area (Å²) in [6, 6.07) is 5.28. The van der Waals surface area contributed by atoms with Gasteiger partial charge < -0.3 is 14.4 Å². The van der Waals surface area contributed by atoms with Gasteiger partial charge in [0.25, 0.3) is 5.91 Å². The van der Waals surface area contributed by atoms with Crippen molar-refractivity contribution in [3.63, 3.8) is 0 Å². The predicted octanol–water partition coefficient (Wildman–Crippen LogP) is 1.89. The van der Waals surface area contributed by atoms with Gasteiger partial charge in [0.15, 0.2) is 0 Å². The van der Waals surface area contributed by atoms with Crippen LogP contribution < -0.4 is 9.47 Å². The van der Waals surface area contributed by atoms with E-state index in [1.165, 1.54) is 0 Å². The molecule has 1 aliphatic heterocycles. The molecule has 0 aromatic heterocycles. The maximum atomic E-state index is 12.3. The Morgan fingerprint density at radius 3 is 2.17 bits per heavy atom. The molecule has 0 N–H and O–H groups in total. The molecule has 1 fully saturated rings. The van der Waals surface area contributed by atoms with Gasteiger partial charge in [0, 0.05) is 36.2 Å². The molecule has 1 saturated heterocycles. The molecule has 1 aromatic carbocycles. The molecule has 1 amide bonds. The standard InChI is InChI=1S/C13H17NO3S/c1-16-11-7-10(8-12(9-11)17-2)13(15)14-3-5-18-6-4-14/h7-9H,3-6H2,1-2H3. The van der Waals surface area contributed by atoms with Crippen molar-refractivity contribution in [2.24, 2.45) is 0 Å². The summed E-state index contributed by atoms with van der Waals surface area (Å²) in [6.45, 7) is 1.62. The van der Waals surface area contributed by atoms with Crippen molar-refractivity contribution < 1.29 is 14.3 Å². The van der Waals surface area contributed by atoms with E-state index >= 15 is 0 Å². The van der Waals surface area contributed by atoms with E-state index in [1.54, 1.807) is 32.4 Å². The average Bonchev–Trinajstić information content (AvgIpc) is 2.46. The number of benzene rings is 1. The summed E-state index contributed by atoms with van der Waals surface area (Å²) in [5.41, 5.74) is 0.623. The number of carbonyl (C=O) groups excluding carboxylic acids is 1. The number of hydrogen-bond donors (Lipinski definition) is 0. The summed E-state index contributed by atoms with van der Waals surface area (Å²) in [5, 5.41) is 0. The molecular formula is C13H17NO3S. The fraction of sp³-hybridized carbons (Fsp3) is 0.462. The van der Waals surface area contributed by atoms with Gasteiger partial charge in [-0.1, -0.05) is 0 Å². The van der Waals surface area contributed by atoms with Crippen LogP contribution in [0, 0.1) is 0 Å². The van der Waals surface area contributed by atoms with Crippen LogP contribution in [0.3, 0.4) is 0 Å². The Morgan fingerprint density at radius 1 is 1.11 bits per heavy atom. The lowest BCUT2D eigenvalue weighted by atomic mass is 10.1. The molecule has 0 atom stereocenters. The molecule has 5 heteroatoms. The molecule has 1 aliphatic rings. The van der Waals surface area contributed by atoms with Crippen LogP contribution in [0.2, 0.25) is 0 Å². The average molecular weight is 267 g/mol. The van der Waals surface area contributed by atoms with Gasteiger partial charge in [0.05, 0.1) is 14.2 Å². The minimum atomic E-state index is 0.0486. The molecular weight excluding hydrogens is 250 g/mol. The molecule has 0 radical (unpaired) electrons. The Morgan fingerprint density at radius 2 is 1.67 bits per heavy atom. The molecule has 0 saturated carbocycles. The molecule has 18 heavy (non-hydrogen) atoms. The molecule has 1 heterocycles. The second-order valence-corrected chi connectivity index (χ2v) is 5.23. The van der Waals surface area contributed by atoms with Crippen molar-refractivity contribution in [2.45, 2.75) is 0 Å². The second kappa shape index (κ2) is 6.00. The van der Waals surface area contributed by atoms with Crippen molar-refractivity contribution in [3.05, 3.63) is 23.8 Å². The van der Waals surface area contributed by atoms with Crippen molar-refractivity contribution in [2.75, 3.05) is 38.8 Å². The van der Waals surface area contributed by atoms with Gasteiger partial charge in [-0.3, -0.25) is 4.79 Å². The maximum absolute atomic E-state index is 12.3. The van der Waals surface area contributed by atoms with E-state index in [0.29, 0.717) is 17.1 Å². The second-order valence-electron chi connectivity index (χ2n) is 4.01. The first-order chi connectivity index (χ1) is 8.74. The number of ether oxygens (including phenoxy) is 2. The zero-order valence-corrected chi connectivity index (χ0v) is 11.5. The third-order valence-corrected chi connectivity index (χ3v) is 3.84. The number of methoxy groups -OCH3 is 2. The third kappa shape index (κ3) is 2.90. The Balaban J connectivity index is 2.22. The monoisotopic (exact) mass is 267 g/mol. The maximum Gasteiger partial charge on any atom is 0.254 e. The summed E-state index contributed by atoms with van der Waals surface area (Å²) < 4.78 is 10.4. The smallest absolute Gasteiger partial charge is 0.254 e. The lowest BCUT2D eigenvalue weighted by Crippen LogP contribution is -2.37. The zero-order valence-electron chi connectivity index (χ0n) is 10.6. The summed E-state index contributed by atoms with van der Waals surface area (Å²) in [5.74, 6) is 3.35. The minimum absolute atomic E-state index is 0.0486. The Bertz CT molecular complexity index is 408. The van der Waals surface area contributed by atoms with Gasteiger partial charge in [-0.25, -0.2) is 0 Å². The first kappa shape index (κ1) is 13.1. The Kier molecular flexibility index (Phi) is 4.36. The van der Waals surface area contributed by atoms with E-state index < -0.39 is 0 Å². The lowest BCUT2D eigenvalue weighted by Gasteiger charge is -2.26. The first-order valence-electron chi connectivity index (χ1n) is 5.84. The van der Waals surface area contributed by atoms with Crippen molar-refractivity contribution in [1.82, 2.24) is 4.90 Å². The highest BCUT2D eigenvalue weighted by Crippen LogP contribution is 2.24. The third-order valence-electron chi connectivity index (χ3n) is 2.90. The Labute approximate surface area is 111 Å². The van der Waals surface area contributed by atoms with Crippen LogP contribution in [0.15, 0.2) is 18.2 Å². The van der Waals surface area contributed by atoms with Gasteiger partial charge in [-0.05, 0) is 12.1 Å². The van der Waals surface area contributed by atoms with Crippen LogP contribution in [-0.2, 0) is 0 Å². The quantitative estimate of drug-likeness (QED) is 0.838. The fourth-order valence-corrected chi connectivity index (χ4v) is 2.78. The van der Waals surface area contributed by atoms with Gasteiger partial charge >= 0.3 is 0 Å². The highest BCUT2D eigenvalue weighted by atomic mass is 32.2. The topological polar surface area (TPSA) is 38.8 Å². The highest BCUT2D eigenvalue weighted by Gasteiger charge is 2.19. The van der Waals surface area contributed by atoms with Crippen molar-refractivity contribution in [1.29, 1.82) is 0 Å². The van der Waals surface area contributed by atoms with Gasteiger partial charge in [-0.15, -0.1) is 0 Å². The largest absolute Gasteiger partial charge is 0.497 e. The van der Waals surface area contributed by atoms with Crippen molar-refractivity contribution in [3.8, 4) is 11.5 Å². The highest BCUT2D eigenvalue weighted by molar-refractivity contribution is 7.99. The molecule has 0 spiro atoms. The fourth-order valence-electron chi connectivity index (χ4n) is 1.88. The van der Waals surface area contributed by atoms with Crippen molar-refractivity contribution >= 4 is 17.7 Å². The number of hydrogen-bond acceptors (Lipinski definition) is 4. The number of amides is 1. The zero-order chi connectivity index (χ0) is 13.0. The summed E-state index contributed by atoms with van der Waals surface area (Å²) in [4.78, 5) is 14.2. The van der Waals surface area contributed by atoms with E-state index in [9.17, 15) is 4.79 Å². The number of nitrogens with zero attached hydrogens (tertiary/aromatic N) is 1. The van der Waals surface area contributed by atoms with E-state index in [4.69, 9.17) is 9.47 Å². The van der Waals surface area contributed by atoms with Crippen LogP contribution >= 0.6 is 11.8 Å². The summed E-state index contributed by atoms with van der Waals surface area (Å²) in [7, 11) is 3.17. The Hall–Kier alpha value is -1.36. The molecule has 0 aliphatic carbocycles. The van der Waals surface area contributed by atoms with Gasteiger partial charge in [0.2, 0.25) is 0 Å². The van der Waals surface area contributed by atoms with E-state index in [-0.39, 0.29) is 5.91 Å². The van der Waals surface area contributed by atoms with Crippen LogP contribution in [0.4, 0.5) is 0 Å². The van der Waals surface area contributed by atoms with Crippen LogP contribution in [0.25, 0.3) is 0 Å². The van der Waals surface area contributed by atoms with Gasteiger partial charge in [-0.2, -0.15) is 11.8 Å². The molecule has 0 bridgehead atoms. The number of rotatable bonds is 3. The van der Waals surface area contributed by atoms with Crippen LogP contribution in [-0.4, -0.2) is 49.6 Å². The predicted molar refractivity (Wildman–Crippen MR) is 72.8 cm³/mol. The normalized spacial score (nSPS) is 15.3. The first-order valence-corrected chi connectivity index (χ1v) is 7.00. The van der Waals surface area contributed by atoms with Crippen LogP contribution in [0.5, 0.6) is 11.5 Å². The molecule has 98 valence electrons. The molecule has 1 aromatic rings. The van der Waals surface area contributed by atoms with Crippen LogP contribution in [0.1, 0.15) is 10.4 Å². The SMILES string of the molecule is COc1cc(OC)cc(C(=O)N2CCSCC2)c1. The summed E-state index contributed by atoms with van der Waals surface area (Å²) in [6.07, 6.45) is 0. The summed E-state index contributed by atoms with van der Waals surface area (Å²) >= 11 is 1.88.